The summed E-state index contributed by atoms with van der Waals surface area (Å²) in [6.45, 7) is 4.34. The Morgan fingerprint density at radius 1 is 0.871 bits per heavy atom. The van der Waals surface area contributed by atoms with Gasteiger partial charge in [0, 0.05) is 12.1 Å². The number of unbranched alkanes of at least 4 members (excludes halogenated alkanes) is 1. The maximum absolute atomic E-state index is 12.4. The van der Waals surface area contributed by atoms with E-state index in [0.29, 0.717) is 17.4 Å². The molecule has 168 valence electrons. The van der Waals surface area contributed by atoms with E-state index in [9.17, 15) is 4.79 Å². The summed E-state index contributed by atoms with van der Waals surface area (Å²) in [5.74, 6) is 3.65. The Hall–Kier alpha value is -2.69. The van der Waals surface area contributed by atoms with Gasteiger partial charge in [-0.1, -0.05) is 13.3 Å². The lowest BCUT2D eigenvalue weighted by Crippen LogP contribution is -2.32. The average Bonchev–Trinajstić information content (AvgIpc) is 2.83. The predicted molar refractivity (Wildman–Crippen MR) is 123 cm³/mol. The van der Waals surface area contributed by atoms with E-state index in [0.717, 1.165) is 75.5 Å². The van der Waals surface area contributed by atoms with Crippen molar-refractivity contribution in [2.75, 3.05) is 26.9 Å². The fourth-order valence-electron chi connectivity index (χ4n) is 3.86. The lowest BCUT2D eigenvalue weighted by Gasteiger charge is -2.28. The number of hydrogen-bond acceptors (Lipinski definition) is 4. The maximum atomic E-state index is 12.4. The molecule has 0 aromatic heterocycles. The van der Waals surface area contributed by atoms with Crippen LogP contribution in [-0.4, -0.2) is 32.8 Å². The Kier molecular flexibility index (Phi) is 9.07. The van der Waals surface area contributed by atoms with Crippen LogP contribution in [0, 0.1) is 11.8 Å². The largest absolute Gasteiger partial charge is 0.497 e. The minimum absolute atomic E-state index is 0.00919. The van der Waals surface area contributed by atoms with Crippen molar-refractivity contribution in [1.82, 2.24) is 5.32 Å². The van der Waals surface area contributed by atoms with Gasteiger partial charge in [0.25, 0.3) is 5.91 Å². The second kappa shape index (κ2) is 12.2. The van der Waals surface area contributed by atoms with Gasteiger partial charge in [-0.25, -0.2) is 0 Å². The van der Waals surface area contributed by atoms with Gasteiger partial charge in [0.15, 0.2) is 0 Å². The van der Waals surface area contributed by atoms with Crippen LogP contribution in [0.3, 0.4) is 0 Å². The molecule has 1 aliphatic carbocycles. The number of carbonyl (C=O) groups excluding carboxylic acids is 1. The van der Waals surface area contributed by atoms with Gasteiger partial charge in [0.05, 0.1) is 20.3 Å². The Morgan fingerprint density at radius 3 is 2.10 bits per heavy atom. The van der Waals surface area contributed by atoms with Crippen LogP contribution in [-0.2, 0) is 0 Å². The summed E-state index contributed by atoms with van der Waals surface area (Å²) >= 11 is 0. The summed E-state index contributed by atoms with van der Waals surface area (Å²) in [6, 6.07) is 15.2. The third-order valence-corrected chi connectivity index (χ3v) is 5.95. The van der Waals surface area contributed by atoms with Crippen LogP contribution in [0.5, 0.6) is 17.2 Å². The van der Waals surface area contributed by atoms with Crippen molar-refractivity contribution in [3.63, 3.8) is 0 Å². The quantitative estimate of drug-likeness (QED) is 0.484. The van der Waals surface area contributed by atoms with Crippen molar-refractivity contribution in [2.24, 2.45) is 11.8 Å². The van der Waals surface area contributed by atoms with Gasteiger partial charge in [-0.3, -0.25) is 4.79 Å². The fourth-order valence-corrected chi connectivity index (χ4v) is 3.86. The molecule has 0 atom stereocenters. The zero-order valence-electron chi connectivity index (χ0n) is 18.8. The van der Waals surface area contributed by atoms with Crippen LogP contribution in [0.1, 0.15) is 55.8 Å². The lowest BCUT2D eigenvalue weighted by molar-refractivity contribution is 0.0938. The van der Waals surface area contributed by atoms with Gasteiger partial charge in [-0.05, 0) is 92.5 Å². The highest BCUT2D eigenvalue weighted by molar-refractivity contribution is 5.94. The molecule has 1 saturated carbocycles. The summed E-state index contributed by atoms with van der Waals surface area (Å²) in [4.78, 5) is 12.4. The first-order valence-electron chi connectivity index (χ1n) is 11.5. The average molecular weight is 426 g/mol. The predicted octanol–water partition coefficient (Wildman–Crippen LogP) is 5.49. The molecule has 1 aliphatic rings. The smallest absolute Gasteiger partial charge is 0.251 e. The Balaban J connectivity index is 1.33. The van der Waals surface area contributed by atoms with E-state index in [-0.39, 0.29) is 5.91 Å². The highest BCUT2D eigenvalue weighted by Crippen LogP contribution is 2.29. The first-order valence-corrected chi connectivity index (χ1v) is 11.5. The molecular formula is C26H35NO4. The number of benzene rings is 2. The summed E-state index contributed by atoms with van der Waals surface area (Å²) in [6.07, 6.45) is 6.68. The van der Waals surface area contributed by atoms with Crippen LogP contribution in [0.15, 0.2) is 48.5 Å². The molecule has 1 amide bonds. The molecule has 1 fully saturated rings. The fraction of sp³-hybridized carbons (Fsp3) is 0.500. The molecule has 3 rings (SSSR count). The zero-order valence-corrected chi connectivity index (χ0v) is 18.8. The minimum atomic E-state index is -0.00919. The van der Waals surface area contributed by atoms with E-state index in [2.05, 4.69) is 12.2 Å². The molecule has 5 nitrogen and oxygen atoms in total. The Labute approximate surface area is 186 Å². The molecule has 0 bridgehead atoms. The molecule has 2 aromatic rings. The molecule has 31 heavy (non-hydrogen) atoms. The van der Waals surface area contributed by atoms with Crippen LogP contribution in [0.4, 0.5) is 0 Å². The van der Waals surface area contributed by atoms with E-state index < -0.39 is 0 Å². The van der Waals surface area contributed by atoms with Gasteiger partial charge >= 0.3 is 0 Å². The number of nitrogens with one attached hydrogen (secondary N) is 1. The van der Waals surface area contributed by atoms with Crippen molar-refractivity contribution >= 4 is 5.91 Å². The van der Waals surface area contributed by atoms with E-state index in [4.69, 9.17) is 14.2 Å². The molecule has 0 spiro atoms. The van der Waals surface area contributed by atoms with Crippen molar-refractivity contribution < 1.29 is 19.0 Å². The highest BCUT2D eigenvalue weighted by atomic mass is 16.5. The first-order chi connectivity index (χ1) is 15.2. The highest BCUT2D eigenvalue weighted by Gasteiger charge is 2.22. The van der Waals surface area contributed by atoms with Crippen LogP contribution < -0.4 is 19.5 Å². The first kappa shape index (κ1) is 23.0. The van der Waals surface area contributed by atoms with Crippen LogP contribution in [0.25, 0.3) is 0 Å². The molecule has 0 aliphatic heterocycles. The third-order valence-electron chi connectivity index (χ3n) is 5.95. The maximum Gasteiger partial charge on any atom is 0.251 e. The normalized spacial score (nSPS) is 18.3. The summed E-state index contributed by atoms with van der Waals surface area (Å²) in [5.41, 5.74) is 0.685. The van der Waals surface area contributed by atoms with Gasteiger partial charge in [0.1, 0.15) is 17.2 Å². The van der Waals surface area contributed by atoms with E-state index in [1.807, 2.05) is 48.5 Å². The molecular weight excluding hydrogens is 390 g/mol. The standard InChI is InChI=1S/C26H35NO4/c1-3-4-17-30-24-11-9-22(10-12-24)26(28)27-18-20-5-7-21(8-6-20)19-31-25-15-13-23(29-2)14-16-25/h9-16,20-21H,3-8,17-19H2,1-2H3,(H,27,28)/t20-,21+. The summed E-state index contributed by atoms with van der Waals surface area (Å²) in [7, 11) is 1.66. The summed E-state index contributed by atoms with van der Waals surface area (Å²) in [5, 5.41) is 3.10. The molecule has 0 radical (unpaired) electrons. The van der Waals surface area contributed by atoms with Crippen molar-refractivity contribution in [3.05, 3.63) is 54.1 Å². The number of hydrogen-bond donors (Lipinski definition) is 1. The van der Waals surface area contributed by atoms with Crippen molar-refractivity contribution in [1.29, 1.82) is 0 Å². The van der Waals surface area contributed by atoms with E-state index in [1.54, 1.807) is 7.11 Å². The van der Waals surface area contributed by atoms with E-state index >= 15 is 0 Å². The number of rotatable bonds is 11. The number of methoxy groups -OCH3 is 1. The van der Waals surface area contributed by atoms with Crippen LogP contribution in [0.2, 0.25) is 0 Å². The van der Waals surface area contributed by atoms with Crippen molar-refractivity contribution in [3.8, 4) is 17.2 Å². The van der Waals surface area contributed by atoms with Crippen molar-refractivity contribution in [2.45, 2.75) is 45.4 Å². The monoisotopic (exact) mass is 425 g/mol. The minimum Gasteiger partial charge on any atom is -0.497 e. The molecule has 0 unspecified atom stereocenters. The number of carbonyl (C=O) groups is 1. The summed E-state index contributed by atoms with van der Waals surface area (Å²) < 4.78 is 16.8. The van der Waals surface area contributed by atoms with Gasteiger partial charge in [-0.2, -0.15) is 0 Å². The van der Waals surface area contributed by atoms with Gasteiger partial charge < -0.3 is 19.5 Å². The lowest BCUT2D eigenvalue weighted by atomic mass is 9.82. The number of ether oxygens (including phenoxy) is 3. The second-order valence-corrected chi connectivity index (χ2v) is 8.31. The molecule has 0 heterocycles. The Morgan fingerprint density at radius 2 is 1.45 bits per heavy atom. The molecule has 1 N–H and O–H groups in total. The third kappa shape index (κ3) is 7.50. The van der Waals surface area contributed by atoms with Gasteiger partial charge in [0.2, 0.25) is 0 Å². The Bertz CT molecular complexity index is 780. The SMILES string of the molecule is CCCCOc1ccc(C(=O)NC[C@H]2CC[C@@H](COc3ccc(OC)cc3)CC2)cc1. The number of amides is 1. The zero-order chi connectivity index (χ0) is 21.9. The van der Waals surface area contributed by atoms with Crippen LogP contribution >= 0.6 is 0 Å². The molecule has 5 heteroatoms. The molecule has 2 aromatic carbocycles. The molecule has 0 saturated heterocycles. The van der Waals surface area contributed by atoms with E-state index in [1.165, 1.54) is 0 Å². The topological polar surface area (TPSA) is 56.8 Å². The van der Waals surface area contributed by atoms with Gasteiger partial charge in [-0.15, -0.1) is 0 Å². The second-order valence-electron chi connectivity index (χ2n) is 8.31.